The quantitative estimate of drug-likeness (QED) is 0.181. The molecule has 0 radical (unpaired) electrons. The minimum absolute atomic E-state index is 0.0806. The second-order valence-corrected chi connectivity index (χ2v) is 14.3. The minimum Gasteiger partial charge on any atom is -0.347 e. The smallest absolute Gasteiger partial charge is 0.252 e. The van der Waals surface area contributed by atoms with Gasteiger partial charge in [-0.1, -0.05) is 146 Å². The van der Waals surface area contributed by atoms with E-state index >= 15 is 0 Å². The van der Waals surface area contributed by atoms with E-state index in [0.29, 0.717) is 5.56 Å². The van der Waals surface area contributed by atoms with Crippen molar-refractivity contribution in [2.75, 3.05) is 0 Å². The number of amides is 2. The van der Waals surface area contributed by atoms with E-state index in [2.05, 4.69) is 89.5 Å². The van der Waals surface area contributed by atoms with Gasteiger partial charge in [0, 0.05) is 12.1 Å². The predicted octanol–water partition coefficient (Wildman–Crippen LogP) is 7.53. The first-order valence-corrected chi connectivity index (χ1v) is 17.4. The van der Waals surface area contributed by atoms with Crippen LogP contribution >= 0.6 is 7.92 Å². The molecule has 46 heavy (non-hydrogen) atoms. The SMILES string of the molecule is Cc1ccc2ccccc2c1C(=O)N[C@@H]1CCCC[C@H]1NC(=O)c1c(P(c2ccccc2)c2ccccc2)ccc2ccccc12. The molecule has 0 spiro atoms. The summed E-state index contributed by atoms with van der Waals surface area (Å²) in [6.07, 6.45) is 3.66. The number of nitrogens with one attached hydrogen (secondary N) is 2. The monoisotopic (exact) mass is 620 g/mol. The molecule has 0 aromatic heterocycles. The largest absolute Gasteiger partial charge is 0.347 e. The first-order valence-electron chi connectivity index (χ1n) is 16.1. The number of carbonyl (C=O) groups excluding carboxylic acids is 2. The van der Waals surface area contributed by atoms with Gasteiger partial charge in [-0.2, -0.15) is 0 Å². The molecule has 0 aliphatic heterocycles. The number of benzene rings is 6. The van der Waals surface area contributed by atoms with Gasteiger partial charge < -0.3 is 10.6 Å². The number of carbonyl (C=O) groups is 2. The van der Waals surface area contributed by atoms with Gasteiger partial charge in [0.1, 0.15) is 0 Å². The van der Waals surface area contributed by atoms with Crippen LogP contribution in [0, 0.1) is 6.92 Å². The zero-order valence-corrected chi connectivity index (χ0v) is 26.8. The summed E-state index contributed by atoms with van der Waals surface area (Å²) < 4.78 is 0. The van der Waals surface area contributed by atoms with Gasteiger partial charge in [-0.05, 0) is 70.7 Å². The third-order valence-corrected chi connectivity index (χ3v) is 11.7. The van der Waals surface area contributed by atoms with Crippen molar-refractivity contribution in [2.45, 2.75) is 44.7 Å². The molecule has 7 rings (SSSR count). The van der Waals surface area contributed by atoms with Crippen molar-refractivity contribution in [1.29, 1.82) is 0 Å². The van der Waals surface area contributed by atoms with Crippen molar-refractivity contribution >= 4 is 57.2 Å². The molecule has 1 aliphatic carbocycles. The summed E-state index contributed by atoms with van der Waals surface area (Å²) in [5, 5.41) is 14.2. The number of rotatable bonds is 7. The summed E-state index contributed by atoms with van der Waals surface area (Å²) in [4.78, 5) is 28.5. The van der Waals surface area contributed by atoms with Crippen molar-refractivity contribution in [3.05, 3.63) is 150 Å². The highest BCUT2D eigenvalue weighted by Gasteiger charge is 2.31. The van der Waals surface area contributed by atoms with Gasteiger partial charge in [0.15, 0.2) is 0 Å². The molecule has 5 heteroatoms. The van der Waals surface area contributed by atoms with Gasteiger partial charge in [-0.15, -0.1) is 0 Å². The van der Waals surface area contributed by atoms with E-state index in [1.807, 2.05) is 61.5 Å². The molecule has 6 aromatic carbocycles. The number of hydrogen-bond donors (Lipinski definition) is 2. The van der Waals surface area contributed by atoms with Gasteiger partial charge in [0.25, 0.3) is 11.8 Å². The lowest BCUT2D eigenvalue weighted by Gasteiger charge is -2.33. The average molecular weight is 621 g/mol. The third-order valence-electron chi connectivity index (χ3n) is 9.17. The van der Waals surface area contributed by atoms with Crippen molar-refractivity contribution < 1.29 is 9.59 Å². The molecule has 0 bridgehead atoms. The first-order chi connectivity index (χ1) is 22.6. The molecule has 1 saturated carbocycles. The van der Waals surface area contributed by atoms with E-state index in [0.717, 1.165) is 63.7 Å². The Kier molecular flexibility index (Phi) is 8.64. The summed E-state index contributed by atoms with van der Waals surface area (Å²) in [6.45, 7) is 1.99. The van der Waals surface area contributed by atoms with Crippen LogP contribution in [0.15, 0.2) is 133 Å². The van der Waals surface area contributed by atoms with Crippen LogP contribution in [0.1, 0.15) is 52.0 Å². The average Bonchev–Trinajstić information content (AvgIpc) is 3.10. The van der Waals surface area contributed by atoms with Crippen LogP contribution in [0.3, 0.4) is 0 Å². The second kappa shape index (κ2) is 13.3. The fraction of sp³-hybridized carbons (Fsp3) is 0.171. The molecule has 6 aromatic rings. The highest BCUT2D eigenvalue weighted by Crippen LogP contribution is 2.36. The zero-order chi connectivity index (χ0) is 31.5. The summed E-state index contributed by atoms with van der Waals surface area (Å²) in [5.74, 6) is -0.165. The third kappa shape index (κ3) is 5.94. The molecule has 2 amide bonds. The van der Waals surface area contributed by atoms with Gasteiger partial charge >= 0.3 is 0 Å². The maximum atomic E-state index is 14.6. The van der Waals surface area contributed by atoms with E-state index in [9.17, 15) is 9.59 Å². The van der Waals surface area contributed by atoms with Crippen molar-refractivity contribution in [2.24, 2.45) is 0 Å². The normalized spacial score (nSPS) is 16.4. The molecule has 1 aliphatic rings. The molecule has 4 nitrogen and oxygen atoms in total. The Morgan fingerprint density at radius 2 is 1.00 bits per heavy atom. The van der Waals surface area contributed by atoms with Gasteiger partial charge in [0.05, 0.1) is 11.1 Å². The summed E-state index contributed by atoms with van der Waals surface area (Å²) in [5.41, 5.74) is 2.38. The maximum absolute atomic E-state index is 14.6. The Morgan fingerprint density at radius 1 is 0.543 bits per heavy atom. The number of hydrogen-bond acceptors (Lipinski definition) is 2. The van der Waals surface area contributed by atoms with Crippen molar-refractivity contribution in [3.63, 3.8) is 0 Å². The van der Waals surface area contributed by atoms with Crippen LogP contribution in [0.5, 0.6) is 0 Å². The van der Waals surface area contributed by atoms with Crippen LogP contribution < -0.4 is 26.5 Å². The molecule has 1 fully saturated rings. The highest BCUT2D eigenvalue weighted by molar-refractivity contribution is 7.80. The molecule has 0 heterocycles. The van der Waals surface area contributed by atoms with E-state index in [1.54, 1.807) is 0 Å². The molecule has 0 unspecified atom stereocenters. The topological polar surface area (TPSA) is 58.2 Å². The molecular weight excluding hydrogens is 583 g/mol. The Hall–Kier alpha value is -4.79. The van der Waals surface area contributed by atoms with Crippen LogP contribution in [0.4, 0.5) is 0 Å². The fourth-order valence-corrected chi connectivity index (χ4v) is 9.37. The Bertz CT molecular complexity index is 1990. The maximum Gasteiger partial charge on any atom is 0.252 e. The Morgan fingerprint density at radius 3 is 1.57 bits per heavy atom. The zero-order valence-electron chi connectivity index (χ0n) is 25.9. The Balaban J connectivity index is 1.25. The summed E-state index contributed by atoms with van der Waals surface area (Å²) >= 11 is 0. The molecular formula is C41H37N2O2P. The van der Waals surface area contributed by atoms with Crippen LogP contribution in [0.25, 0.3) is 21.5 Å². The summed E-state index contributed by atoms with van der Waals surface area (Å²) in [6, 6.07) is 45.2. The van der Waals surface area contributed by atoms with E-state index < -0.39 is 7.92 Å². The number of fused-ring (bicyclic) bond motifs is 2. The minimum atomic E-state index is -1.00. The van der Waals surface area contributed by atoms with E-state index in [-0.39, 0.29) is 23.9 Å². The van der Waals surface area contributed by atoms with E-state index in [1.165, 1.54) is 10.6 Å². The Labute approximate surface area is 271 Å². The molecule has 0 saturated heterocycles. The standard InChI is InChI=1S/C41H37N2O2P/c1-28-24-25-29-14-8-10-20-33(29)38(28)40(44)42-35-22-12-13-23-36(35)43-41(45)39-34-21-11-9-15-30(34)26-27-37(39)46(31-16-4-2-5-17-31)32-18-6-3-7-19-32/h2-11,14-21,24-27,35-36H,12-13,22-23H2,1H3,(H,42,44)(H,43,45)/t35-,36-/m1/s1. The predicted molar refractivity (Wildman–Crippen MR) is 192 cm³/mol. The van der Waals surface area contributed by atoms with Crippen LogP contribution in [0.2, 0.25) is 0 Å². The van der Waals surface area contributed by atoms with Gasteiger partial charge in [0.2, 0.25) is 0 Å². The van der Waals surface area contributed by atoms with Crippen LogP contribution in [-0.4, -0.2) is 23.9 Å². The van der Waals surface area contributed by atoms with Crippen molar-refractivity contribution in [1.82, 2.24) is 10.6 Å². The lowest BCUT2D eigenvalue weighted by molar-refractivity contribution is 0.0864. The van der Waals surface area contributed by atoms with Crippen LogP contribution in [-0.2, 0) is 0 Å². The van der Waals surface area contributed by atoms with E-state index in [4.69, 9.17) is 0 Å². The molecule has 228 valence electrons. The lowest BCUT2D eigenvalue weighted by Crippen LogP contribution is -2.53. The van der Waals surface area contributed by atoms with Gasteiger partial charge in [-0.25, -0.2) is 0 Å². The lowest BCUT2D eigenvalue weighted by atomic mass is 9.89. The summed E-state index contributed by atoms with van der Waals surface area (Å²) in [7, 11) is -1.00. The second-order valence-electron chi connectivity index (χ2n) is 12.1. The fourth-order valence-electron chi connectivity index (χ4n) is 6.91. The van der Waals surface area contributed by atoms with Crippen molar-refractivity contribution in [3.8, 4) is 0 Å². The highest BCUT2D eigenvalue weighted by atomic mass is 31.1. The number of aryl methyl sites for hydroxylation is 1. The molecule has 2 N–H and O–H groups in total. The van der Waals surface area contributed by atoms with Gasteiger partial charge in [-0.3, -0.25) is 9.59 Å². The molecule has 2 atom stereocenters. The first kappa shape index (κ1) is 29.9.